The lowest BCUT2D eigenvalue weighted by atomic mass is 10.1. The van der Waals surface area contributed by atoms with Crippen LogP contribution in [0.3, 0.4) is 0 Å². The lowest BCUT2D eigenvalue weighted by Crippen LogP contribution is -2.09. The van der Waals surface area contributed by atoms with Gasteiger partial charge in [-0.2, -0.15) is 0 Å². The quantitative estimate of drug-likeness (QED) is 0.736. The van der Waals surface area contributed by atoms with Crippen LogP contribution in [0.5, 0.6) is 0 Å². The molecule has 2 aromatic carbocycles. The van der Waals surface area contributed by atoms with Crippen LogP contribution in [0.25, 0.3) is 10.9 Å². The van der Waals surface area contributed by atoms with Gasteiger partial charge in [0.2, 0.25) is 0 Å². The molecule has 1 aliphatic carbocycles. The Hall–Kier alpha value is -2.42. The minimum Gasteiger partial charge on any atom is -0.369 e. The maximum Gasteiger partial charge on any atom is 0.137 e. The van der Waals surface area contributed by atoms with E-state index < -0.39 is 0 Å². The summed E-state index contributed by atoms with van der Waals surface area (Å²) in [4.78, 5) is 9.66. The van der Waals surface area contributed by atoms with Crippen molar-refractivity contribution < 1.29 is 0 Å². The van der Waals surface area contributed by atoms with Crippen LogP contribution < -0.4 is 5.32 Å². The van der Waals surface area contributed by atoms with Gasteiger partial charge in [-0.15, -0.1) is 0 Å². The third kappa shape index (κ3) is 3.12. The Balaban J connectivity index is 1.63. The van der Waals surface area contributed by atoms with Crippen LogP contribution in [-0.4, -0.2) is 16.5 Å². The molecule has 3 heteroatoms. The predicted molar refractivity (Wildman–Crippen MR) is 99.6 cm³/mol. The molecule has 24 heavy (non-hydrogen) atoms. The summed E-state index contributed by atoms with van der Waals surface area (Å²) in [5, 5.41) is 4.69. The minimum atomic E-state index is 0.561. The van der Waals surface area contributed by atoms with E-state index in [1.807, 2.05) is 0 Å². The molecular weight excluding hydrogens is 294 g/mol. The molecular formula is C21H23N3. The van der Waals surface area contributed by atoms with Gasteiger partial charge in [-0.1, -0.05) is 30.3 Å². The van der Waals surface area contributed by atoms with E-state index in [1.54, 1.807) is 0 Å². The number of benzene rings is 2. The molecule has 0 radical (unpaired) electrons. The number of nitrogens with one attached hydrogen (secondary N) is 1. The molecule has 0 spiro atoms. The number of aromatic nitrogens is 2. The molecule has 0 saturated heterocycles. The van der Waals surface area contributed by atoms with Crippen LogP contribution >= 0.6 is 0 Å². The molecule has 1 aromatic heterocycles. The molecule has 1 heterocycles. The molecule has 1 fully saturated rings. The van der Waals surface area contributed by atoms with E-state index in [1.165, 1.54) is 29.5 Å². The third-order valence-corrected chi connectivity index (χ3v) is 4.82. The average Bonchev–Trinajstić information content (AvgIpc) is 3.42. The summed E-state index contributed by atoms with van der Waals surface area (Å²) < 4.78 is 0. The third-order valence-electron chi connectivity index (χ3n) is 4.82. The van der Waals surface area contributed by atoms with Crippen molar-refractivity contribution in [3.05, 3.63) is 65.0 Å². The van der Waals surface area contributed by atoms with Crippen LogP contribution in [0.15, 0.2) is 42.5 Å². The second-order valence-corrected chi connectivity index (χ2v) is 6.82. The SMILES string of the molecule is Cc1cc2nc(C3CC3)nc(NCCc3ccccc3)c2cc1C. The topological polar surface area (TPSA) is 37.8 Å². The number of anilines is 1. The Kier molecular flexibility index (Phi) is 3.93. The maximum absolute atomic E-state index is 4.84. The normalized spacial score (nSPS) is 14.1. The molecule has 122 valence electrons. The first-order valence-corrected chi connectivity index (χ1v) is 8.77. The molecule has 0 atom stereocenters. The van der Waals surface area contributed by atoms with Crippen molar-refractivity contribution in [2.45, 2.75) is 39.0 Å². The van der Waals surface area contributed by atoms with Gasteiger partial charge in [0.05, 0.1) is 5.52 Å². The van der Waals surface area contributed by atoms with E-state index in [2.05, 4.69) is 61.6 Å². The summed E-state index contributed by atoms with van der Waals surface area (Å²) in [6.07, 6.45) is 3.44. The van der Waals surface area contributed by atoms with E-state index in [0.717, 1.165) is 35.5 Å². The zero-order valence-corrected chi connectivity index (χ0v) is 14.3. The van der Waals surface area contributed by atoms with E-state index in [-0.39, 0.29) is 0 Å². The second-order valence-electron chi connectivity index (χ2n) is 6.82. The Labute approximate surface area is 143 Å². The van der Waals surface area contributed by atoms with E-state index in [0.29, 0.717) is 5.92 Å². The van der Waals surface area contributed by atoms with Crippen LogP contribution in [-0.2, 0) is 6.42 Å². The maximum atomic E-state index is 4.84. The first-order valence-electron chi connectivity index (χ1n) is 8.77. The number of hydrogen-bond donors (Lipinski definition) is 1. The fourth-order valence-corrected chi connectivity index (χ4v) is 3.04. The molecule has 1 aliphatic rings. The number of fused-ring (bicyclic) bond motifs is 1. The van der Waals surface area contributed by atoms with Crippen molar-refractivity contribution in [1.82, 2.24) is 9.97 Å². The highest BCUT2D eigenvalue weighted by atomic mass is 15.0. The summed E-state index contributed by atoms with van der Waals surface area (Å²) in [6, 6.07) is 15.0. The summed E-state index contributed by atoms with van der Waals surface area (Å²) in [5.74, 6) is 2.56. The van der Waals surface area contributed by atoms with Gasteiger partial charge in [0.1, 0.15) is 11.6 Å². The van der Waals surface area contributed by atoms with E-state index in [4.69, 9.17) is 9.97 Å². The van der Waals surface area contributed by atoms with Crippen LogP contribution in [0.2, 0.25) is 0 Å². The standard InChI is InChI=1S/C21H23N3/c1-14-12-18-19(13-15(14)2)23-20(17-8-9-17)24-21(18)22-11-10-16-6-4-3-5-7-16/h3-7,12-13,17H,8-11H2,1-2H3,(H,22,23,24). The van der Waals surface area contributed by atoms with Gasteiger partial charge in [-0.25, -0.2) is 9.97 Å². The van der Waals surface area contributed by atoms with E-state index in [9.17, 15) is 0 Å². The van der Waals surface area contributed by atoms with Gasteiger partial charge in [-0.3, -0.25) is 0 Å². The zero-order chi connectivity index (χ0) is 16.5. The minimum absolute atomic E-state index is 0.561. The molecule has 0 amide bonds. The number of aryl methyl sites for hydroxylation is 2. The zero-order valence-electron chi connectivity index (χ0n) is 14.3. The molecule has 1 N–H and O–H groups in total. The van der Waals surface area contributed by atoms with Gasteiger partial charge >= 0.3 is 0 Å². The van der Waals surface area contributed by atoms with Gasteiger partial charge < -0.3 is 5.32 Å². The number of rotatable bonds is 5. The smallest absolute Gasteiger partial charge is 0.137 e. The van der Waals surface area contributed by atoms with Crippen molar-refractivity contribution in [2.24, 2.45) is 0 Å². The van der Waals surface area contributed by atoms with Gasteiger partial charge in [-0.05, 0) is 61.9 Å². The second kappa shape index (κ2) is 6.23. The van der Waals surface area contributed by atoms with Crippen molar-refractivity contribution in [3.63, 3.8) is 0 Å². The molecule has 0 aliphatic heterocycles. The number of nitrogens with zero attached hydrogens (tertiary/aromatic N) is 2. The fourth-order valence-electron chi connectivity index (χ4n) is 3.04. The summed E-state index contributed by atoms with van der Waals surface area (Å²) >= 11 is 0. The Morgan fingerprint density at radius 2 is 1.75 bits per heavy atom. The summed E-state index contributed by atoms with van der Waals surface area (Å²) in [6.45, 7) is 5.18. The summed E-state index contributed by atoms with van der Waals surface area (Å²) in [7, 11) is 0. The van der Waals surface area contributed by atoms with Crippen LogP contribution in [0.4, 0.5) is 5.82 Å². The lowest BCUT2D eigenvalue weighted by Gasteiger charge is -2.12. The highest BCUT2D eigenvalue weighted by Crippen LogP contribution is 2.39. The highest BCUT2D eigenvalue weighted by molar-refractivity contribution is 5.90. The van der Waals surface area contributed by atoms with Gasteiger partial charge in [0.25, 0.3) is 0 Å². The summed E-state index contributed by atoms with van der Waals surface area (Å²) in [5.41, 5.74) is 4.99. The van der Waals surface area contributed by atoms with Crippen molar-refractivity contribution in [1.29, 1.82) is 0 Å². The molecule has 0 bridgehead atoms. The average molecular weight is 317 g/mol. The van der Waals surface area contributed by atoms with Crippen LogP contribution in [0.1, 0.15) is 41.3 Å². The molecule has 4 rings (SSSR count). The molecule has 1 saturated carbocycles. The monoisotopic (exact) mass is 317 g/mol. The largest absolute Gasteiger partial charge is 0.369 e. The van der Waals surface area contributed by atoms with Crippen LogP contribution in [0, 0.1) is 13.8 Å². The van der Waals surface area contributed by atoms with Gasteiger partial charge in [0.15, 0.2) is 0 Å². The molecule has 3 nitrogen and oxygen atoms in total. The van der Waals surface area contributed by atoms with Crippen molar-refractivity contribution in [2.75, 3.05) is 11.9 Å². The highest BCUT2D eigenvalue weighted by Gasteiger charge is 2.27. The van der Waals surface area contributed by atoms with Crippen molar-refractivity contribution >= 4 is 16.7 Å². The Morgan fingerprint density at radius 3 is 2.50 bits per heavy atom. The lowest BCUT2D eigenvalue weighted by molar-refractivity contribution is 0.933. The predicted octanol–water partition coefficient (Wildman–Crippen LogP) is 4.78. The Morgan fingerprint density at radius 1 is 1.00 bits per heavy atom. The fraction of sp³-hybridized carbons (Fsp3) is 0.333. The first-order chi connectivity index (χ1) is 11.7. The van der Waals surface area contributed by atoms with E-state index >= 15 is 0 Å². The Bertz CT molecular complexity index is 867. The molecule has 3 aromatic rings. The van der Waals surface area contributed by atoms with Gasteiger partial charge in [0, 0.05) is 17.8 Å². The van der Waals surface area contributed by atoms with Crippen molar-refractivity contribution in [3.8, 4) is 0 Å². The molecule has 0 unspecified atom stereocenters. The number of hydrogen-bond acceptors (Lipinski definition) is 3. The first kappa shape index (κ1) is 15.1.